The molecule has 178 valence electrons. The van der Waals surface area contributed by atoms with Crippen LogP contribution in [0.2, 0.25) is 0 Å². The molecule has 35 heavy (non-hydrogen) atoms. The van der Waals surface area contributed by atoms with Gasteiger partial charge in [0.15, 0.2) is 6.10 Å². The van der Waals surface area contributed by atoms with Crippen LogP contribution in [0, 0.1) is 0 Å². The van der Waals surface area contributed by atoms with Crippen molar-refractivity contribution in [3.63, 3.8) is 0 Å². The summed E-state index contributed by atoms with van der Waals surface area (Å²) >= 11 is 0. The van der Waals surface area contributed by atoms with E-state index in [1.807, 2.05) is 89.6 Å². The number of hydrogen-bond acceptors (Lipinski definition) is 4. The van der Waals surface area contributed by atoms with Gasteiger partial charge in [-0.25, -0.2) is 4.79 Å². The molecule has 6 heteroatoms. The Morgan fingerprint density at radius 3 is 2.37 bits per heavy atom. The van der Waals surface area contributed by atoms with Crippen LogP contribution in [0.5, 0.6) is 0 Å². The Bertz CT molecular complexity index is 1350. The number of aromatic nitrogens is 2. The number of benzene rings is 3. The largest absolute Gasteiger partial charge is 0.479 e. The van der Waals surface area contributed by atoms with Gasteiger partial charge in [0.1, 0.15) is 5.69 Å². The van der Waals surface area contributed by atoms with Crippen molar-refractivity contribution in [1.82, 2.24) is 9.78 Å². The lowest BCUT2D eigenvalue weighted by molar-refractivity contribution is -0.149. The van der Waals surface area contributed by atoms with Gasteiger partial charge in [-0.3, -0.25) is 9.48 Å². The lowest BCUT2D eigenvalue weighted by Gasteiger charge is -2.08. The van der Waals surface area contributed by atoms with Crippen molar-refractivity contribution in [2.75, 3.05) is 0 Å². The molecule has 3 aromatic carbocycles. The molecule has 0 radical (unpaired) electrons. The van der Waals surface area contributed by atoms with Crippen molar-refractivity contribution < 1.29 is 19.4 Å². The molecule has 1 heterocycles. The van der Waals surface area contributed by atoms with Gasteiger partial charge in [-0.2, -0.15) is 5.10 Å². The predicted molar refractivity (Wildman–Crippen MR) is 136 cm³/mol. The van der Waals surface area contributed by atoms with Crippen LogP contribution in [0.3, 0.4) is 0 Å². The topological polar surface area (TPSA) is 81.4 Å². The zero-order chi connectivity index (χ0) is 24.8. The van der Waals surface area contributed by atoms with Gasteiger partial charge in [-0.05, 0) is 36.1 Å². The Hall–Kier alpha value is -4.03. The van der Waals surface area contributed by atoms with Crippen molar-refractivity contribution >= 4 is 28.7 Å². The highest BCUT2D eigenvalue weighted by Gasteiger charge is 2.18. The maximum atomic E-state index is 13.2. The van der Waals surface area contributed by atoms with Gasteiger partial charge in [0.2, 0.25) is 5.78 Å². The first-order valence-electron chi connectivity index (χ1n) is 11.7. The SMILES string of the molecule is CCc1ccc(C(=O)c2nn(CC=Cc3ccc(CO[C@H](C)C(=O)O)cc3)c3ccccc23)cc1. The number of allylic oxidation sites excluding steroid dienone is 1. The summed E-state index contributed by atoms with van der Waals surface area (Å²) in [5, 5.41) is 14.4. The molecule has 4 rings (SSSR count). The van der Waals surface area contributed by atoms with Crippen molar-refractivity contribution in [1.29, 1.82) is 0 Å². The van der Waals surface area contributed by atoms with E-state index in [1.54, 1.807) is 0 Å². The molecule has 1 atom stereocenters. The van der Waals surface area contributed by atoms with Crippen LogP contribution in [0.1, 0.15) is 46.6 Å². The molecule has 6 nitrogen and oxygen atoms in total. The number of carboxylic acids is 1. The fourth-order valence-electron chi connectivity index (χ4n) is 3.77. The fraction of sp³-hybridized carbons (Fsp3) is 0.207. The van der Waals surface area contributed by atoms with Gasteiger partial charge in [-0.15, -0.1) is 0 Å². The van der Waals surface area contributed by atoms with E-state index in [0.717, 1.165) is 28.5 Å². The lowest BCUT2D eigenvalue weighted by Crippen LogP contribution is -2.19. The number of para-hydroxylation sites is 1. The Morgan fingerprint density at radius 1 is 1.00 bits per heavy atom. The number of carbonyl (C=O) groups is 2. The molecule has 0 aliphatic carbocycles. The minimum absolute atomic E-state index is 0.0818. The summed E-state index contributed by atoms with van der Waals surface area (Å²) < 4.78 is 7.16. The lowest BCUT2D eigenvalue weighted by atomic mass is 10.0. The average Bonchev–Trinajstić information content (AvgIpc) is 3.26. The van der Waals surface area contributed by atoms with Crippen molar-refractivity contribution in [2.45, 2.75) is 39.5 Å². The molecule has 0 aliphatic heterocycles. The van der Waals surface area contributed by atoms with Crippen LogP contribution >= 0.6 is 0 Å². The number of aryl methyl sites for hydroxylation is 1. The van der Waals surface area contributed by atoms with Gasteiger partial charge in [0.25, 0.3) is 0 Å². The maximum absolute atomic E-state index is 13.2. The Morgan fingerprint density at radius 2 is 1.69 bits per heavy atom. The third-order valence-corrected chi connectivity index (χ3v) is 5.91. The van der Waals surface area contributed by atoms with Gasteiger partial charge >= 0.3 is 5.97 Å². The monoisotopic (exact) mass is 468 g/mol. The van der Waals surface area contributed by atoms with E-state index in [0.29, 0.717) is 17.8 Å². The molecule has 0 saturated heterocycles. The molecule has 0 unspecified atom stereocenters. The van der Waals surface area contributed by atoms with E-state index in [-0.39, 0.29) is 12.4 Å². The number of hydrogen-bond donors (Lipinski definition) is 1. The predicted octanol–water partition coefficient (Wildman–Crippen LogP) is 5.53. The number of carboxylic acid groups (broad SMARTS) is 1. The summed E-state index contributed by atoms with van der Waals surface area (Å²) in [5.74, 6) is -1.06. The minimum Gasteiger partial charge on any atom is -0.479 e. The van der Waals surface area contributed by atoms with Gasteiger partial charge in [0.05, 0.1) is 18.7 Å². The van der Waals surface area contributed by atoms with E-state index in [1.165, 1.54) is 12.5 Å². The average molecular weight is 469 g/mol. The quantitative estimate of drug-likeness (QED) is 0.309. The molecule has 0 amide bonds. The van der Waals surface area contributed by atoms with Crippen molar-refractivity contribution in [3.8, 4) is 0 Å². The van der Waals surface area contributed by atoms with Crippen LogP contribution < -0.4 is 0 Å². The molecule has 1 aromatic heterocycles. The number of aliphatic carboxylic acids is 1. The highest BCUT2D eigenvalue weighted by molar-refractivity contribution is 6.14. The molecule has 0 spiro atoms. The number of nitrogens with zero attached hydrogens (tertiary/aromatic N) is 2. The highest BCUT2D eigenvalue weighted by Crippen LogP contribution is 2.22. The van der Waals surface area contributed by atoms with Crippen LogP contribution in [0.25, 0.3) is 17.0 Å². The molecule has 0 bridgehead atoms. The van der Waals surface area contributed by atoms with Gasteiger partial charge in [-0.1, -0.05) is 85.8 Å². The van der Waals surface area contributed by atoms with E-state index >= 15 is 0 Å². The molecule has 0 aliphatic rings. The second-order valence-electron chi connectivity index (χ2n) is 8.36. The number of ether oxygens (including phenoxy) is 1. The number of ketones is 1. The fourth-order valence-corrected chi connectivity index (χ4v) is 3.77. The first-order valence-corrected chi connectivity index (χ1v) is 11.7. The second kappa shape index (κ2) is 10.9. The number of fused-ring (bicyclic) bond motifs is 1. The molecular formula is C29H28N2O4. The normalized spacial score (nSPS) is 12.3. The van der Waals surface area contributed by atoms with E-state index in [4.69, 9.17) is 9.84 Å². The number of carbonyl (C=O) groups excluding carboxylic acids is 1. The Labute approximate surface area is 204 Å². The molecule has 4 aromatic rings. The standard InChI is InChI=1S/C29H28N2O4/c1-3-21-14-16-24(17-15-21)28(32)27-25-8-4-5-9-26(25)31(30-27)18-6-7-22-10-12-23(13-11-22)19-35-20(2)29(33)34/h4-17,20H,3,18-19H2,1-2H3,(H,33,34)/t20-/m1/s1. The third kappa shape index (κ3) is 5.73. The summed E-state index contributed by atoms with van der Waals surface area (Å²) in [7, 11) is 0. The van der Waals surface area contributed by atoms with E-state index in [2.05, 4.69) is 12.0 Å². The summed E-state index contributed by atoms with van der Waals surface area (Å²) in [6.45, 7) is 4.36. The summed E-state index contributed by atoms with van der Waals surface area (Å²) in [5.41, 5.74) is 5.10. The highest BCUT2D eigenvalue weighted by atomic mass is 16.5. The van der Waals surface area contributed by atoms with E-state index in [9.17, 15) is 9.59 Å². The molecule has 0 saturated carbocycles. The van der Waals surface area contributed by atoms with Crippen LogP contribution in [-0.4, -0.2) is 32.7 Å². The molecular weight excluding hydrogens is 440 g/mol. The first kappa shape index (κ1) is 24.1. The zero-order valence-electron chi connectivity index (χ0n) is 19.8. The number of rotatable bonds is 10. The maximum Gasteiger partial charge on any atom is 0.332 e. The Kier molecular flexibility index (Phi) is 7.53. The second-order valence-corrected chi connectivity index (χ2v) is 8.36. The third-order valence-electron chi connectivity index (χ3n) is 5.91. The molecule has 1 N–H and O–H groups in total. The first-order chi connectivity index (χ1) is 17.0. The molecule has 0 fully saturated rings. The smallest absolute Gasteiger partial charge is 0.332 e. The van der Waals surface area contributed by atoms with Gasteiger partial charge in [0, 0.05) is 10.9 Å². The van der Waals surface area contributed by atoms with Crippen LogP contribution in [0.4, 0.5) is 0 Å². The van der Waals surface area contributed by atoms with Gasteiger partial charge < -0.3 is 9.84 Å². The minimum atomic E-state index is -0.977. The summed E-state index contributed by atoms with van der Waals surface area (Å²) in [6.07, 6.45) is 4.08. The summed E-state index contributed by atoms with van der Waals surface area (Å²) in [6, 6.07) is 23.2. The zero-order valence-corrected chi connectivity index (χ0v) is 19.8. The van der Waals surface area contributed by atoms with Crippen LogP contribution in [0.15, 0.2) is 78.9 Å². The van der Waals surface area contributed by atoms with E-state index < -0.39 is 12.1 Å². The van der Waals surface area contributed by atoms with Crippen molar-refractivity contribution in [3.05, 3.63) is 107 Å². The Balaban J connectivity index is 1.48. The van der Waals surface area contributed by atoms with Crippen molar-refractivity contribution in [2.24, 2.45) is 0 Å². The van der Waals surface area contributed by atoms with Crippen LogP contribution in [-0.2, 0) is 29.1 Å². The summed E-state index contributed by atoms with van der Waals surface area (Å²) in [4.78, 5) is 24.1.